The molecule has 5 heteroatoms. The summed E-state index contributed by atoms with van der Waals surface area (Å²) in [5.41, 5.74) is 0.881. The van der Waals surface area contributed by atoms with Crippen LogP contribution in [0.3, 0.4) is 0 Å². The standard InChI is InChI=1S/C8H13N5/c1-3-11(4-2)13-7-10-8-5-9-6-12(8)13/h5-7H,3-4H2,1-2H3. The summed E-state index contributed by atoms with van der Waals surface area (Å²) in [6.07, 6.45) is 5.32. The molecule has 0 aliphatic heterocycles. The highest BCUT2D eigenvalue weighted by atomic mass is 15.7. The van der Waals surface area contributed by atoms with Gasteiger partial charge in [0.15, 0.2) is 5.65 Å². The Morgan fingerprint density at radius 1 is 1.31 bits per heavy atom. The number of fused-ring (bicyclic) bond motifs is 1. The summed E-state index contributed by atoms with van der Waals surface area (Å²) in [6, 6.07) is 0. The van der Waals surface area contributed by atoms with Crippen molar-refractivity contribution in [3.05, 3.63) is 18.9 Å². The zero-order valence-electron chi connectivity index (χ0n) is 7.88. The van der Waals surface area contributed by atoms with Crippen molar-refractivity contribution < 1.29 is 0 Å². The maximum Gasteiger partial charge on any atom is 0.175 e. The van der Waals surface area contributed by atoms with Crippen molar-refractivity contribution in [2.45, 2.75) is 13.8 Å². The van der Waals surface area contributed by atoms with Crippen molar-refractivity contribution in [3.8, 4) is 0 Å². The second-order valence-corrected chi connectivity index (χ2v) is 2.80. The third kappa shape index (κ3) is 1.16. The van der Waals surface area contributed by atoms with Crippen LogP contribution >= 0.6 is 0 Å². The molecule has 2 aromatic rings. The van der Waals surface area contributed by atoms with Crippen LogP contribution in [-0.2, 0) is 0 Å². The summed E-state index contributed by atoms with van der Waals surface area (Å²) < 4.78 is 1.92. The smallest absolute Gasteiger partial charge is 0.175 e. The summed E-state index contributed by atoms with van der Waals surface area (Å²) in [7, 11) is 0. The lowest BCUT2D eigenvalue weighted by Gasteiger charge is -2.21. The van der Waals surface area contributed by atoms with Crippen molar-refractivity contribution in [3.63, 3.8) is 0 Å². The van der Waals surface area contributed by atoms with Gasteiger partial charge in [-0.15, -0.1) is 0 Å². The quantitative estimate of drug-likeness (QED) is 0.689. The van der Waals surface area contributed by atoms with Gasteiger partial charge in [0.05, 0.1) is 6.20 Å². The highest BCUT2D eigenvalue weighted by Gasteiger charge is 2.05. The number of aromatic nitrogens is 4. The SMILES string of the molecule is CCN(CC)n1cnc2cncn21. The van der Waals surface area contributed by atoms with Crippen LogP contribution in [0.4, 0.5) is 0 Å². The molecule has 0 spiro atoms. The van der Waals surface area contributed by atoms with Crippen molar-refractivity contribution in [1.82, 2.24) is 19.3 Å². The van der Waals surface area contributed by atoms with Crippen LogP contribution in [0.1, 0.15) is 13.8 Å². The minimum atomic E-state index is 0.881. The van der Waals surface area contributed by atoms with Crippen molar-refractivity contribution in [2.75, 3.05) is 18.1 Å². The van der Waals surface area contributed by atoms with Gasteiger partial charge in [0.25, 0.3) is 0 Å². The fourth-order valence-electron chi connectivity index (χ4n) is 1.42. The molecular formula is C8H13N5. The van der Waals surface area contributed by atoms with Crippen LogP contribution < -0.4 is 5.01 Å². The summed E-state index contributed by atoms with van der Waals surface area (Å²) in [4.78, 5) is 10.2. The van der Waals surface area contributed by atoms with Crippen LogP contribution in [0.25, 0.3) is 5.65 Å². The Kier molecular flexibility index (Phi) is 1.92. The molecule has 2 heterocycles. The molecule has 0 amide bonds. The predicted octanol–water partition coefficient (Wildman–Crippen LogP) is 0.509. The van der Waals surface area contributed by atoms with Gasteiger partial charge in [-0.2, -0.15) is 4.79 Å². The van der Waals surface area contributed by atoms with Crippen LogP contribution in [0, 0.1) is 0 Å². The summed E-state index contributed by atoms with van der Waals surface area (Å²) in [6.45, 7) is 6.15. The van der Waals surface area contributed by atoms with E-state index in [1.165, 1.54) is 0 Å². The first-order chi connectivity index (χ1) is 6.36. The minimum Gasteiger partial charge on any atom is -0.297 e. The summed E-state index contributed by atoms with van der Waals surface area (Å²) >= 11 is 0. The van der Waals surface area contributed by atoms with E-state index < -0.39 is 0 Å². The molecule has 0 saturated carbocycles. The molecule has 0 bridgehead atoms. The Bertz CT molecular complexity index is 384. The third-order valence-corrected chi connectivity index (χ3v) is 2.13. The van der Waals surface area contributed by atoms with Crippen LogP contribution in [0.15, 0.2) is 18.9 Å². The molecule has 0 fully saturated rings. The number of rotatable bonds is 3. The van der Waals surface area contributed by atoms with Gasteiger partial charge < -0.3 is 0 Å². The maximum absolute atomic E-state index is 4.22. The molecule has 0 aromatic carbocycles. The molecule has 0 N–H and O–H groups in total. The highest BCUT2D eigenvalue weighted by molar-refractivity contribution is 5.32. The zero-order valence-corrected chi connectivity index (χ0v) is 7.88. The van der Waals surface area contributed by atoms with Gasteiger partial charge in [0.2, 0.25) is 0 Å². The molecule has 2 rings (SSSR count). The minimum absolute atomic E-state index is 0.881. The van der Waals surface area contributed by atoms with E-state index in [-0.39, 0.29) is 0 Å². The van der Waals surface area contributed by atoms with Gasteiger partial charge in [-0.1, -0.05) is 0 Å². The topological polar surface area (TPSA) is 38.4 Å². The Hall–Kier alpha value is -1.52. The van der Waals surface area contributed by atoms with E-state index in [2.05, 4.69) is 28.8 Å². The zero-order chi connectivity index (χ0) is 9.26. The molecule has 0 radical (unpaired) electrons. The van der Waals surface area contributed by atoms with E-state index in [9.17, 15) is 0 Å². The Labute approximate surface area is 76.6 Å². The molecule has 5 nitrogen and oxygen atoms in total. The van der Waals surface area contributed by atoms with Gasteiger partial charge in [-0.3, -0.25) is 5.01 Å². The predicted molar refractivity (Wildman–Crippen MR) is 50.3 cm³/mol. The van der Waals surface area contributed by atoms with Crippen LogP contribution in [0.5, 0.6) is 0 Å². The molecule has 0 unspecified atom stereocenters. The molecule has 0 saturated heterocycles. The normalized spacial score (nSPS) is 10.9. The monoisotopic (exact) mass is 179 g/mol. The highest BCUT2D eigenvalue weighted by Crippen LogP contribution is 1.99. The molecule has 0 aliphatic carbocycles. The van der Waals surface area contributed by atoms with Gasteiger partial charge in [0.1, 0.15) is 12.7 Å². The fraction of sp³-hybridized carbons (Fsp3) is 0.500. The molecule has 2 aromatic heterocycles. The second-order valence-electron chi connectivity index (χ2n) is 2.80. The first-order valence-electron chi connectivity index (χ1n) is 4.47. The summed E-state index contributed by atoms with van der Waals surface area (Å²) in [5, 5.41) is 2.17. The van der Waals surface area contributed by atoms with Gasteiger partial charge in [-0.25, -0.2) is 14.5 Å². The fourth-order valence-corrected chi connectivity index (χ4v) is 1.42. The third-order valence-electron chi connectivity index (χ3n) is 2.13. The first-order valence-corrected chi connectivity index (χ1v) is 4.47. The Morgan fingerprint density at radius 3 is 2.77 bits per heavy atom. The average molecular weight is 179 g/mol. The van der Waals surface area contributed by atoms with E-state index in [4.69, 9.17) is 0 Å². The maximum atomic E-state index is 4.22. The Balaban J connectivity index is 2.47. The first kappa shape index (κ1) is 8.10. The molecule has 13 heavy (non-hydrogen) atoms. The number of imidazole rings is 1. The Morgan fingerprint density at radius 2 is 2.08 bits per heavy atom. The van der Waals surface area contributed by atoms with E-state index >= 15 is 0 Å². The second kappa shape index (κ2) is 3.08. The number of hydrogen-bond acceptors (Lipinski definition) is 3. The molecule has 0 aliphatic rings. The molecular weight excluding hydrogens is 166 g/mol. The average Bonchev–Trinajstić information content (AvgIpc) is 2.70. The van der Waals surface area contributed by atoms with Crippen molar-refractivity contribution >= 4 is 5.65 Å². The lowest BCUT2D eigenvalue weighted by molar-refractivity contribution is 0.527. The number of hydrogen-bond donors (Lipinski definition) is 0. The van der Waals surface area contributed by atoms with Crippen LogP contribution in [0.2, 0.25) is 0 Å². The molecule has 0 atom stereocenters. The van der Waals surface area contributed by atoms with E-state index in [1.54, 1.807) is 12.5 Å². The van der Waals surface area contributed by atoms with E-state index in [0.29, 0.717) is 0 Å². The van der Waals surface area contributed by atoms with E-state index in [0.717, 1.165) is 18.7 Å². The van der Waals surface area contributed by atoms with E-state index in [1.807, 2.05) is 15.6 Å². The van der Waals surface area contributed by atoms with Crippen molar-refractivity contribution in [1.29, 1.82) is 0 Å². The summed E-state index contributed by atoms with van der Waals surface area (Å²) in [5.74, 6) is 0. The van der Waals surface area contributed by atoms with Crippen molar-refractivity contribution in [2.24, 2.45) is 0 Å². The van der Waals surface area contributed by atoms with Gasteiger partial charge in [-0.05, 0) is 13.8 Å². The number of nitrogens with zero attached hydrogens (tertiary/aromatic N) is 5. The lowest BCUT2D eigenvalue weighted by Crippen LogP contribution is -2.35. The lowest BCUT2D eigenvalue weighted by atomic mass is 10.6. The van der Waals surface area contributed by atoms with Gasteiger partial charge in [0, 0.05) is 13.1 Å². The largest absolute Gasteiger partial charge is 0.297 e. The van der Waals surface area contributed by atoms with Gasteiger partial charge >= 0.3 is 0 Å². The van der Waals surface area contributed by atoms with Crippen LogP contribution in [-0.4, -0.2) is 32.4 Å². The molecule has 70 valence electrons.